The van der Waals surface area contributed by atoms with Crippen molar-refractivity contribution in [3.63, 3.8) is 0 Å². The third kappa shape index (κ3) is 3.36. The quantitative estimate of drug-likeness (QED) is 0.759. The maximum atomic E-state index is 12.5. The van der Waals surface area contributed by atoms with E-state index in [0.29, 0.717) is 5.69 Å². The highest BCUT2D eigenvalue weighted by molar-refractivity contribution is 5.93. The SMILES string of the molecule is C[C@](O)(CNC(=O)c1cncn1-c1ccccc1)c1ccccc1. The van der Waals surface area contributed by atoms with Gasteiger partial charge >= 0.3 is 0 Å². The van der Waals surface area contributed by atoms with Gasteiger partial charge in [-0.3, -0.25) is 9.36 Å². The van der Waals surface area contributed by atoms with Crippen LogP contribution in [0.1, 0.15) is 23.0 Å². The molecule has 0 fully saturated rings. The van der Waals surface area contributed by atoms with Gasteiger partial charge in [0.25, 0.3) is 5.91 Å². The zero-order valence-corrected chi connectivity index (χ0v) is 13.4. The third-order valence-corrected chi connectivity index (χ3v) is 3.89. The highest BCUT2D eigenvalue weighted by Gasteiger charge is 2.24. The summed E-state index contributed by atoms with van der Waals surface area (Å²) in [5.74, 6) is -0.285. The van der Waals surface area contributed by atoms with Crippen molar-refractivity contribution >= 4 is 5.91 Å². The minimum absolute atomic E-state index is 0.107. The number of carbonyl (C=O) groups is 1. The Morgan fingerprint density at radius 3 is 2.42 bits per heavy atom. The molecule has 0 aliphatic rings. The number of carbonyl (C=O) groups excluding carboxylic acids is 1. The number of nitrogens with one attached hydrogen (secondary N) is 1. The second-order valence-electron chi connectivity index (χ2n) is 5.81. The average Bonchev–Trinajstić information content (AvgIpc) is 3.11. The largest absolute Gasteiger partial charge is 0.384 e. The van der Waals surface area contributed by atoms with Gasteiger partial charge in [-0.25, -0.2) is 4.98 Å². The summed E-state index contributed by atoms with van der Waals surface area (Å²) in [6.45, 7) is 1.78. The molecule has 0 unspecified atom stereocenters. The number of rotatable bonds is 5. The Bertz CT molecular complexity index is 811. The Morgan fingerprint density at radius 2 is 1.75 bits per heavy atom. The van der Waals surface area contributed by atoms with Gasteiger partial charge in [0, 0.05) is 5.69 Å². The van der Waals surface area contributed by atoms with Crippen molar-refractivity contribution in [3.8, 4) is 5.69 Å². The molecule has 1 aromatic heterocycles. The van der Waals surface area contributed by atoms with Crippen molar-refractivity contribution < 1.29 is 9.90 Å². The van der Waals surface area contributed by atoms with Gasteiger partial charge in [-0.2, -0.15) is 0 Å². The van der Waals surface area contributed by atoms with Crippen molar-refractivity contribution in [3.05, 3.63) is 84.4 Å². The second kappa shape index (κ2) is 6.68. The van der Waals surface area contributed by atoms with Crippen LogP contribution in [0.15, 0.2) is 73.2 Å². The molecule has 5 nitrogen and oxygen atoms in total. The lowest BCUT2D eigenvalue weighted by molar-refractivity contribution is 0.0524. The van der Waals surface area contributed by atoms with Crippen molar-refractivity contribution in [2.24, 2.45) is 0 Å². The van der Waals surface area contributed by atoms with E-state index in [0.717, 1.165) is 11.3 Å². The van der Waals surface area contributed by atoms with E-state index in [1.165, 1.54) is 6.20 Å². The summed E-state index contributed by atoms with van der Waals surface area (Å²) in [5.41, 5.74) is 0.885. The number of nitrogens with zero attached hydrogens (tertiary/aromatic N) is 2. The Balaban J connectivity index is 1.74. The summed E-state index contributed by atoms with van der Waals surface area (Å²) >= 11 is 0. The summed E-state index contributed by atoms with van der Waals surface area (Å²) in [7, 11) is 0. The first-order valence-corrected chi connectivity index (χ1v) is 7.72. The molecule has 0 bridgehead atoms. The van der Waals surface area contributed by atoms with E-state index in [4.69, 9.17) is 0 Å². The molecule has 2 aromatic carbocycles. The number of aromatic nitrogens is 2. The zero-order valence-electron chi connectivity index (χ0n) is 13.4. The number of hydrogen-bond acceptors (Lipinski definition) is 3. The van der Waals surface area contributed by atoms with E-state index in [9.17, 15) is 9.90 Å². The fourth-order valence-electron chi connectivity index (χ4n) is 2.50. The molecule has 5 heteroatoms. The maximum absolute atomic E-state index is 12.5. The molecule has 1 heterocycles. The molecule has 0 radical (unpaired) electrons. The first kappa shape index (κ1) is 16.0. The predicted octanol–water partition coefficient (Wildman–Crippen LogP) is 2.51. The fraction of sp³-hybridized carbons (Fsp3) is 0.158. The third-order valence-electron chi connectivity index (χ3n) is 3.89. The Hall–Kier alpha value is -2.92. The molecular formula is C19H19N3O2. The van der Waals surface area contributed by atoms with E-state index in [2.05, 4.69) is 10.3 Å². The first-order chi connectivity index (χ1) is 11.6. The molecule has 0 spiro atoms. The van der Waals surface area contributed by atoms with Crippen molar-refractivity contribution in [2.45, 2.75) is 12.5 Å². The molecule has 122 valence electrons. The van der Waals surface area contributed by atoms with Gasteiger partial charge in [-0.15, -0.1) is 0 Å². The summed E-state index contributed by atoms with van der Waals surface area (Å²) in [4.78, 5) is 16.6. The molecule has 24 heavy (non-hydrogen) atoms. The normalized spacial score (nSPS) is 13.2. The molecule has 3 aromatic rings. The Kier molecular flexibility index (Phi) is 4.44. The Morgan fingerprint density at radius 1 is 1.12 bits per heavy atom. The van der Waals surface area contributed by atoms with Crippen LogP contribution in [0.25, 0.3) is 5.69 Å². The van der Waals surface area contributed by atoms with Crippen LogP contribution < -0.4 is 5.32 Å². The molecule has 0 saturated carbocycles. The number of imidazole rings is 1. The summed E-state index contributed by atoms with van der Waals surface area (Å²) in [6.07, 6.45) is 3.11. The van der Waals surface area contributed by atoms with Crippen LogP contribution in [0.3, 0.4) is 0 Å². The number of para-hydroxylation sites is 1. The average molecular weight is 321 g/mol. The molecule has 1 atom stereocenters. The lowest BCUT2D eigenvalue weighted by Crippen LogP contribution is -2.39. The maximum Gasteiger partial charge on any atom is 0.270 e. The number of aliphatic hydroxyl groups is 1. The summed E-state index contributed by atoms with van der Waals surface area (Å²) in [6, 6.07) is 18.8. The molecule has 0 aliphatic carbocycles. The van der Waals surface area contributed by atoms with E-state index in [1.807, 2.05) is 60.7 Å². The van der Waals surface area contributed by atoms with Gasteiger partial charge in [0.05, 0.1) is 19.1 Å². The minimum Gasteiger partial charge on any atom is -0.384 e. The lowest BCUT2D eigenvalue weighted by Gasteiger charge is -2.24. The van der Waals surface area contributed by atoms with Crippen LogP contribution in [0.2, 0.25) is 0 Å². The predicted molar refractivity (Wildman–Crippen MR) is 91.9 cm³/mol. The number of amides is 1. The Labute approximate surface area is 140 Å². The molecule has 2 N–H and O–H groups in total. The van der Waals surface area contributed by atoms with E-state index >= 15 is 0 Å². The van der Waals surface area contributed by atoms with E-state index in [1.54, 1.807) is 17.8 Å². The zero-order chi connectivity index (χ0) is 17.0. The van der Waals surface area contributed by atoms with Gasteiger partial charge < -0.3 is 10.4 Å². The highest BCUT2D eigenvalue weighted by atomic mass is 16.3. The smallest absolute Gasteiger partial charge is 0.270 e. The van der Waals surface area contributed by atoms with Gasteiger partial charge in [0.1, 0.15) is 11.3 Å². The van der Waals surface area contributed by atoms with Crippen LogP contribution in [-0.4, -0.2) is 27.1 Å². The summed E-state index contributed by atoms with van der Waals surface area (Å²) in [5, 5.41) is 13.4. The topological polar surface area (TPSA) is 67.2 Å². The number of benzene rings is 2. The van der Waals surface area contributed by atoms with Crippen LogP contribution in [0.4, 0.5) is 0 Å². The van der Waals surface area contributed by atoms with Crippen molar-refractivity contribution in [2.75, 3.05) is 6.54 Å². The monoisotopic (exact) mass is 321 g/mol. The van der Waals surface area contributed by atoms with Gasteiger partial charge in [-0.1, -0.05) is 48.5 Å². The van der Waals surface area contributed by atoms with Crippen LogP contribution in [0.5, 0.6) is 0 Å². The molecular weight excluding hydrogens is 302 g/mol. The van der Waals surface area contributed by atoms with Gasteiger partial charge in [-0.05, 0) is 24.6 Å². The second-order valence-corrected chi connectivity index (χ2v) is 5.81. The minimum atomic E-state index is -1.14. The van der Waals surface area contributed by atoms with Crippen molar-refractivity contribution in [1.29, 1.82) is 0 Å². The summed E-state index contributed by atoms with van der Waals surface area (Å²) < 4.78 is 1.71. The first-order valence-electron chi connectivity index (χ1n) is 7.72. The van der Waals surface area contributed by atoms with E-state index in [-0.39, 0.29) is 12.5 Å². The van der Waals surface area contributed by atoms with Crippen molar-refractivity contribution in [1.82, 2.24) is 14.9 Å². The van der Waals surface area contributed by atoms with Crippen LogP contribution >= 0.6 is 0 Å². The standard InChI is InChI=1S/C19H19N3O2/c1-19(24,15-8-4-2-5-9-15)13-21-18(23)17-12-20-14-22(17)16-10-6-3-7-11-16/h2-12,14,24H,13H2,1H3,(H,21,23)/t19-/m0/s1. The fourth-order valence-corrected chi connectivity index (χ4v) is 2.50. The molecule has 0 aliphatic heterocycles. The molecule has 3 rings (SSSR count). The van der Waals surface area contributed by atoms with E-state index < -0.39 is 5.60 Å². The van der Waals surface area contributed by atoms with Gasteiger partial charge in [0.15, 0.2) is 0 Å². The highest BCUT2D eigenvalue weighted by Crippen LogP contribution is 2.19. The lowest BCUT2D eigenvalue weighted by atomic mass is 9.96. The van der Waals surface area contributed by atoms with Crippen LogP contribution in [0, 0.1) is 0 Å². The van der Waals surface area contributed by atoms with Gasteiger partial charge in [0.2, 0.25) is 0 Å². The molecule has 0 saturated heterocycles. The molecule has 1 amide bonds. The number of hydrogen-bond donors (Lipinski definition) is 2. The van der Waals surface area contributed by atoms with Crippen LogP contribution in [-0.2, 0) is 5.60 Å².